The van der Waals surface area contributed by atoms with E-state index >= 15 is 0 Å². The van der Waals surface area contributed by atoms with E-state index in [4.69, 9.17) is 16.0 Å². The van der Waals surface area contributed by atoms with Crippen molar-refractivity contribution in [1.82, 2.24) is 15.2 Å². The number of carbonyl (C=O) groups is 1. The number of carbonyl (C=O) groups excluding carboxylic acids is 1. The minimum absolute atomic E-state index is 0.247. The van der Waals surface area contributed by atoms with Gasteiger partial charge in [-0.25, -0.2) is 9.37 Å². The summed E-state index contributed by atoms with van der Waals surface area (Å²) in [6.07, 6.45) is 1.35. The summed E-state index contributed by atoms with van der Waals surface area (Å²) in [7, 11) is 0. The third kappa shape index (κ3) is 5.41. The molecule has 146 valence electrons. The zero-order chi connectivity index (χ0) is 19.9. The Balaban J connectivity index is 1.78. The predicted octanol–water partition coefficient (Wildman–Crippen LogP) is 4.42. The van der Waals surface area contributed by atoms with Crippen LogP contribution in [-0.4, -0.2) is 22.3 Å². The second-order valence-corrected chi connectivity index (χ2v) is 6.76. The summed E-state index contributed by atoms with van der Waals surface area (Å²) in [6.45, 7) is 3.83. The molecule has 0 unspecified atom stereocenters. The van der Waals surface area contributed by atoms with E-state index in [1.807, 2.05) is 31.2 Å². The van der Waals surface area contributed by atoms with Crippen molar-refractivity contribution in [3.63, 3.8) is 0 Å². The van der Waals surface area contributed by atoms with Crippen LogP contribution in [0.4, 0.5) is 4.39 Å². The lowest BCUT2D eigenvalue weighted by molar-refractivity contribution is 0.0950. The minimum Gasteiger partial charge on any atom is -0.447 e. The van der Waals surface area contributed by atoms with Gasteiger partial charge in [-0.15, -0.1) is 0 Å². The van der Waals surface area contributed by atoms with Crippen LogP contribution in [0, 0.1) is 5.82 Å². The van der Waals surface area contributed by atoms with Gasteiger partial charge in [0.1, 0.15) is 12.1 Å². The van der Waals surface area contributed by atoms with E-state index in [1.165, 1.54) is 18.4 Å². The van der Waals surface area contributed by atoms with Gasteiger partial charge in [0.2, 0.25) is 5.89 Å². The molecular weight excluding hydrogens is 381 g/mol. The Labute approximate surface area is 168 Å². The van der Waals surface area contributed by atoms with Gasteiger partial charge in [0.25, 0.3) is 5.91 Å². The maximum Gasteiger partial charge on any atom is 0.273 e. The molecule has 0 saturated heterocycles. The SMILES string of the molecule is CCNC(=O)c1coc(CN(Cc2ccc(F)cc2)Cc2ccccc2Cl)n1. The van der Waals surface area contributed by atoms with E-state index in [-0.39, 0.29) is 17.4 Å². The Kier molecular flexibility index (Phi) is 6.79. The van der Waals surface area contributed by atoms with Crippen LogP contribution in [-0.2, 0) is 19.6 Å². The lowest BCUT2D eigenvalue weighted by atomic mass is 10.1. The lowest BCUT2D eigenvalue weighted by Crippen LogP contribution is -2.24. The molecule has 0 radical (unpaired) electrons. The van der Waals surface area contributed by atoms with E-state index < -0.39 is 0 Å². The Morgan fingerprint density at radius 1 is 1.14 bits per heavy atom. The Hall–Kier alpha value is -2.70. The number of oxazole rings is 1. The van der Waals surface area contributed by atoms with Crippen LogP contribution >= 0.6 is 11.6 Å². The van der Waals surface area contributed by atoms with Crippen molar-refractivity contribution in [2.24, 2.45) is 0 Å². The van der Waals surface area contributed by atoms with Crippen LogP contribution < -0.4 is 5.32 Å². The smallest absolute Gasteiger partial charge is 0.273 e. The number of nitrogens with zero attached hydrogens (tertiary/aromatic N) is 2. The summed E-state index contributed by atoms with van der Waals surface area (Å²) in [4.78, 5) is 18.2. The first-order chi connectivity index (χ1) is 13.5. The molecular formula is C21H21ClFN3O2. The first kappa shape index (κ1) is 20.0. The minimum atomic E-state index is -0.277. The van der Waals surface area contributed by atoms with Crippen molar-refractivity contribution < 1.29 is 13.6 Å². The van der Waals surface area contributed by atoms with Crippen LogP contribution in [0.15, 0.2) is 59.2 Å². The number of rotatable bonds is 8. The normalized spacial score (nSPS) is 11.0. The second-order valence-electron chi connectivity index (χ2n) is 6.35. The monoisotopic (exact) mass is 401 g/mol. The molecule has 1 N–H and O–H groups in total. The molecule has 0 atom stereocenters. The summed E-state index contributed by atoms with van der Waals surface area (Å²) in [5, 5.41) is 3.36. The topological polar surface area (TPSA) is 58.4 Å². The maximum atomic E-state index is 13.2. The Bertz CT molecular complexity index is 927. The summed E-state index contributed by atoms with van der Waals surface area (Å²) in [5.74, 6) is -0.121. The molecule has 0 bridgehead atoms. The molecule has 7 heteroatoms. The third-order valence-corrected chi connectivity index (χ3v) is 4.52. The average Bonchev–Trinajstić information content (AvgIpc) is 3.14. The van der Waals surface area contributed by atoms with Gasteiger partial charge in [0, 0.05) is 24.7 Å². The Morgan fingerprint density at radius 3 is 2.61 bits per heavy atom. The van der Waals surface area contributed by atoms with Crippen molar-refractivity contribution in [1.29, 1.82) is 0 Å². The predicted molar refractivity (Wildman–Crippen MR) is 105 cm³/mol. The fourth-order valence-corrected chi connectivity index (χ4v) is 3.01. The zero-order valence-corrected chi connectivity index (χ0v) is 16.2. The van der Waals surface area contributed by atoms with Crippen LogP contribution in [0.3, 0.4) is 0 Å². The van der Waals surface area contributed by atoms with Gasteiger partial charge in [-0.2, -0.15) is 0 Å². The molecule has 1 amide bonds. The molecule has 5 nitrogen and oxygen atoms in total. The van der Waals surface area contributed by atoms with Gasteiger partial charge >= 0.3 is 0 Å². The van der Waals surface area contributed by atoms with Crippen molar-refractivity contribution >= 4 is 17.5 Å². The van der Waals surface area contributed by atoms with Crippen LogP contribution in [0.5, 0.6) is 0 Å². The third-order valence-electron chi connectivity index (χ3n) is 4.15. The Morgan fingerprint density at radius 2 is 1.89 bits per heavy atom. The first-order valence-electron chi connectivity index (χ1n) is 8.98. The first-order valence-corrected chi connectivity index (χ1v) is 9.35. The van der Waals surface area contributed by atoms with Gasteiger partial charge in [0.05, 0.1) is 6.54 Å². The standard InChI is InChI=1S/C21H21ClFN3O2/c1-2-24-21(27)19-14-28-20(25-19)13-26(11-15-7-9-17(23)10-8-15)12-16-5-3-4-6-18(16)22/h3-10,14H,2,11-13H2,1H3,(H,24,27). The summed E-state index contributed by atoms with van der Waals surface area (Å²) < 4.78 is 18.7. The molecule has 3 rings (SSSR count). The van der Waals surface area contributed by atoms with Crippen LogP contribution in [0.2, 0.25) is 5.02 Å². The fraction of sp³-hybridized carbons (Fsp3) is 0.238. The average molecular weight is 402 g/mol. The van der Waals surface area contributed by atoms with E-state index in [1.54, 1.807) is 12.1 Å². The summed E-state index contributed by atoms with van der Waals surface area (Å²) in [6, 6.07) is 13.9. The number of amides is 1. The number of hydrogen-bond donors (Lipinski definition) is 1. The highest BCUT2D eigenvalue weighted by atomic mass is 35.5. The lowest BCUT2D eigenvalue weighted by Gasteiger charge is -2.21. The molecule has 0 aliphatic heterocycles. The molecule has 0 spiro atoms. The number of benzene rings is 2. The number of nitrogens with one attached hydrogen (secondary N) is 1. The zero-order valence-electron chi connectivity index (χ0n) is 15.5. The molecule has 1 heterocycles. The van der Waals surface area contributed by atoms with Crippen LogP contribution in [0.25, 0.3) is 0 Å². The maximum absolute atomic E-state index is 13.2. The number of halogens is 2. The highest BCUT2D eigenvalue weighted by molar-refractivity contribution is 6.31. The van der Waals surface area contributed by atoms with Gasteiger partial charge in [-0.05, 0) is 36.2 Å². The van der Waals surface area contributed by atoms with Crippen molar-refractivity contribution in [2.45, 2.75) is 26.6 Å². The quantitative estimate of drug-likeness (QED) is 0.607. The molecule has 0 fully saturated rings. The highest BCUT2D eigenvalue weighted by Gasteiger charge is 2.16. The molecule has 1 aromatic heterocycles. The molecule has 0 saturated carbocycles. The van der Waals surface area contributed by atoms with E-state index in [2.05, 4.69) is 15.2 Å². The summed E-state index contributed by atoms with van der Waals surface area (Å²) in [5.41, 5.74) is 2.15. The fourth-order valence-electron chi connectivity index (χ4n) is 2.81. The second kappa shape index (κ2) is 9.48. The van der Waals surface area contributed by atoms with E-state index in [0.717, 1.165) is 11.1 Å². The van der Waals surface area contributed by atoms with E-state index in [0.29, 0.717) is 37.1 Å². The van der Waals surface area contributed by atoms with Crippen molar-refractivity contribution in [3.8, 4) is 0 Å². The van der Waals surface area contributed by atoms with Crippen molar-refractivity contribution in [2.75, 3.05) is 6.54 Å². The largest absolute Gasteiger partial charge is 0.447 e. The van der Waals surface area contributed by atoms with Crippen molar-refractivity contribution in [3.05, 3.63) is 88.3 Å². The molecule has 0 aliphatic rings. The van der Waals surface area contributed by atoms with E-state index in [9.17, 15) is 9.18 Å². The molecule has 2 aromatic carbocycles. The number of aromatic nitrogens is 1. The number of hydrogen-bond acceptors (Lipinski definition) is 4. The van der Waals surface area contributed by atoms with Crippen LogP contribution in [0.1, 0.15) is 34.4 Å². The molecule has 28 heavy (non-hydrogen) atoms. The van der Waals surface area contributed by atoms with Gasteiger partial charge in [-0.3, -0.25) is 9.69 Å². The summed E-state index contributed by atoms with van der Waals surface area (Å²) >= 11 is 6.31. The van der Waals surface area contributed by atoms with Gasteiger partial charge in [0.15, 0.2) is 5.69 Å². The highest BCUT2D eigenvalue weighted by Crippen LogP contribution is 2.20. The molecule has 0 aliphatic carbocycles. The van der Waals surface area contributed by atoms with Gasteiger partial charge < -0.3 is 9.73 Å². The van der Waals surface area contributed by atoms with Gasteiger partial charge in [-0.1, -0.05) is 41.9 Å². The molecule has 3 aromatic rings.